The van der Waals surface area contributed by atoms with Crippen molar-refractivity contribution in [2.75, 3.05) is 0 Å². The molecule has 0 amide bonds. The van der Waals surface area contributed by atoms with Crippen molar-refractivity contribution in [2.24, 2.45) is 0 Å². The van der Waals surface area contributed by atoms with Crippen LogP contribution in [0.5, 0.6) is 0 Å². The quantitative estimate of drug-likeness (QED) is 0.362. The summed E-state index contributed by atoms with van der Waals surface area (Å²) in [6, 6.07) is 6.83. The number of rotatable bonds is 8. The molecule has 0 spiro atoms. The first-order chi connectivity index (χ1) is 15.5. The molecule has 0 saturated heterocycles. The number of halogens is 3. The molecule has 2 heterocycles. The van der Waals surface area contributed by atoms with Gasteiger partial charge in [0.1, 0.15) is 5.78 Å². The Morgan fingerprint density at radius 3 is 2.48 bits per heavy atom. The summed E-state index contributed by atoms with van der Waals surface area (Å²) >= 11 is 6.23. The van der Waals surface area contributed by atoms with Gasteiger partial charge in [0.25, 0.3) is 0 Å². The molecule has 0 N–H and O–H groups in total. The zero-order valence-corrected chi connectivity index (χ0v) is 19.9. The minimum Gasteiger partial charge on any atom is -0.354 e. The molecule has 1 saturated carbocycles. The molecule has 0 aliphatic heterocycles. The topological polar surface area (TPSA) is 69.1 Å². The monoisotopic (exact) mass is 476 g/mol. The highest BCUT2D eigenvalue weighted by molar-refractivity contribution is 6.31. The minimum absolute atomic E-state index is 0.0381. The second-order valence-corrected chi connectivity index (χ2v) is 10.3. The fourth-order valence-corrected chi connectivity index (χ4v) is 4.07. The Morgan fingerprint density at radius 2 is 1.88 bits per heavy atom. The standard InChI is InChI=1S/C25H27ClF2N2O3/c1-14-5-6-16(18(26)11-14)12-17(31)9-10-19-22(15-7-8-15)23(33-29-19)25(27,28)21-13-20(30-32-21)24(2,3)4/h5-6,11,13,15H,7-10,12H2,1-4H3. The molecular weight excluding hydrogens is 450 g/mol. The predicted octanol–water partition coefficient (Wildman–Crippen LogP) is 6.68. The van der Waals surface area contributed by atoms with E-state index in [1.54, 1.807) is 0 Å². The molecule has 4 rings (SSSR count). The first kappa shape index (κ1) is 23.6. The van der Waals surface area contributed by atoms with Crippen molar-refractivity contribution in [1.29, 1.82) is 0 Å². The molecule has 33 heavy (non-hydrogen) atoms. The molecule has 176 valence electrons. The Labute approximate surface area is 196 Å². The summed E-state index contributed by atoms with van der Waals surface area (Å²) in [5.74, 6) is -4.66. The molecule has 0 unspecified atom stereocenters. The largest absolute Gasteiger partial charge is 0.366 e. The van der Waals surface area contributed by atoms with E-state index in [0.29, 0.717) is 22.0 Å². The van der Waals surface area contributed by atoms with Crippen molar-refractivity contribution >= 4 is 17.4 Å². The van der Waals surface area contributed by atoms with E-state index < -0.39 is 22.9 Å². The van der Waals surface area contributed by atoms with Crippen LogP contribution in [0.4, 0.5) is 8.78 Å². The molecule has 5 nitrogen and oxygen atoms in total. The van der Waals surface area contributed by atoms with Gasteiger partial charge < -0.3 is 9.05 Å². The number of carbonyl (C=O) groups excluding carboxylic acids is 1. The molecule has 0 radical (unpaired) electrons. The first-order valence-corrected chi connectivity index (χ1v) is 11.5. The number of benzene rings is 1. The molecule has 1 aromatic carbocycles. The van der Waals surface area contributed by atoms with Crippen LogP contribution in [0, 0.1) is 6.92 Å². The summed E-state index contributed by atoms with van der Waals surface area (Å²) in [7, 11) is 0. The van der Waals surface area contributed by atoms with Gasteiger partial charge in [-0.3, -0.25) is 4.79 Å². The molecule has 1 aliphatic rings. The van der Waals surface area contributed by atoms with Gasteiger partial charge >= 0.3 is 5.92 Å². The predicted molar refractivity (Wildman–Crippen MR) is 120 cm³/mol. The van der Waals surface area contributed by atoms with Gasteiger partial charge in [-0.25, -0.2) is 0 Å². The number of carbonyl (C=O) groups is 1. The van der Waals surface area contributed by atoms with Crippen LogP contribution in [0.25, 0.3) is 0 Å². The van der Waals surface area contributed by atoms with Crippen molar-refractivity contribution in [3.05, 3.63) is 68.9 Å². The maximum Gasteiger partial charge on any atom is 0.366 e. The van der Waals surface area contributed by atoms with Crippen molar-refractivity contribution in [1.82, 2.24) is 10.3 Å². The van der Waals surface area contributed by atoms with Gasteiger partial charge in [0.15, 0.2) is 0 Å². The van der Waals surface area contributed by atoms with E-state index >= 15 is 8.78 Å². The number of aryl methyl sites for hydroxylation is 2. The SMILES string of the molecule is Cc1ccc(CC(=O)CCc2noc(C(F)(F)c3cc(C(C)(C)C)no3)c2C2CC2)c(Cl)c1. The van der Waals surface area contributed by atoms with E-state index in [9.17, 15) is 4.79 Å². The summed E-state index contributed by atoms with van der Waals surface area (Å²) in [5, 5.41) is 8.30. The number of hydrogen-bond acceptors (Lipinski definition) is 5. The van der Waals surface area contributed by atoms with Crippen LogP contribution in [0.15, 0.2) is 33.3 Å². The molecule has 0 bridgehead atoms. The van der Waals surface area contributed by atoms with Crippen molar-refractivity contribution in [2.45, 2.75) is 77.1 Å². The van der Waals surface area contributed by atoms with Crippen LogP contribution in [-0.2, 0) is 29.0 Å². The van der Waals surface area contributed by atoms with Crippen LogP contribution < -0.4 is 0 Å². The molecule has 0 atom stereocenters. The smallest absolute Gasteiger partial charge is 0.354 e. The molecule has 3 aromatic rings. The number of hydrogen-bond donors (Lipinski definition) is 0. The fourth-order valence-electron chi connectivity index (χ4n) is 3.77. The summed E-state index contributed by atoms with van der Waals surface area (Å²) in [6.07, 6.45) is 2.16. The Morgan fingerprint density at radius 1 is 1.15 bits per heavy atom. The number of aromatic nitrogens is 2. The highest BCUT2D eigenvalue weighted by Gasteiger charge is 2.49. The second-order valence-electron chi connectivity index (χ2n) is 9.86. The van der Waals surface area contributed by atoms with E-state index in [1.807, 2.05) is 45.9 Å². The lowest BCUT2D eigenvalue weighted by Crippen LogP contribution is -2.16. The number of alkyl halides is 2. The van der Waals surface area contributed by atoms with Crippen molar-refractivity contribution < 1.29 is 22.6 Å². The highest BCUT2D eigenvalue weighted by atomic mass is 35.5. The van der Waals surface area contributed by atoms with Gasteiger partial charge in [-0.15, -0.1) is 0 Å². The number of ketones is 1. The van der Waals surface area contributed by atoms with Crippen LogP contribution >= 0.6 is 11.6 Å². The van der Waals surface area contributed by atoms with Crippen LogP contribution in [0.2, 0.25) is 5.02 Å². The highest BCUT2D eigenvalue weighted by Crippen LogP contribution is 2.49. The molecule has 8 heteroatoms. The fraction of sp³-hybridized carbons (Fsp3) is 0.480. The van der Waals surface area contributed by atoms with Crippen LogP contribution in [-0.4, -0.2) is 16.1 Å². The molecule has 1 aliphatic carbocycles. The Balaban J connectivity index is 1.52. The third kappa shape index (κ3) is 5.03. The lowest BCUT2D eigenvalue weighted by atomic mass is 9.91. The Kier molecular flexibility index (Phi) is 6.20. The van der Waals surface area contributed by atoms with Crippen molar-refractivity contribution in [3.63, 3.8) is 0 Å². The summed E-state index contributed by atoms with van der Waals surface area (Å²) in [4.78, 5) is 12.6. The van der Waals surface area contributed by atoms with Crippen molar-refractivity contribution in [3.8, 4) is 0 Å². The third-order valence-electron chi connectivity index (χ3n) is 5.90. The lowest BCUT2D eigenvalue weighted by molar-refractivity contribution is -0.118. The number of nitrogens with zero attached hydrogens (tertiary/aromatic N) is 2. The van der Waals surface area contributed by atoms with Crippen LogP contribution in [0.3, 0.4) is 0 Å². The Bertz CT molecular complexity index is 1170. The maximum atomic E-state index is 15.4. The summed E-state index contributed by atoms with van der Waals surface area (Å²) in [6.45, 7) is 7.54. The zero-order chi connectivity index (χ0) is 24.0. The minimum atomic E-state index is -3.50. The average Bonchev–Trinajstić information content (AvgIpc) is 3.25. The summed E-state index contributed by atoms with van der Waals surface area (Å²) in [5.41, 5.74) is 2.58. The van der Waals surface area contributed by atoms with Gasteiger partial charge in [-0.05, 0) is 42.9 Å². The van der Waals surface area contributed by atoms with Crippen LogP contribution in [0.1, 0.15) is 85.6 Å². The molecular formula is C25H27ClF2N2O3. The average molecular weight is 477 g/mol. The summed E-state index contributed by atoms with van der Waals surface area (Å²) < 4.78 is 40.9. The van der Waals surface area contributed by atoms with E-state index in [1.165, 1.54) is 6.07 Å². The van der Waals surface area contributed by atoms with E-state index in [-0.39, 0.29) is 31.0 Å². The molecule has 1 fully saturated rings. The normalized spacial score (nSPS) is 14.6. The zero-order valence-electron chi connectivity index (χ0n) is 19.2. The van der Waals surface area contributed by atoms with E-state index in [0.717, 1.165) is 24.0 Å². The second kappa shape index (κ2) is 8.67. The van der Waals surface area contributed by atoms with Gasteiger partial charge in [-0.2, -0.15) is 8.78 Å². The lowest BCUT2D eigenvalue weighted by Gasteiger charge is -2.13. The van der Waals surface area contributed by atoms with Gasteiger partial charge in [0.2, 0.25) is 11.5 Å². The van der Waals surface area contributed by atoms with Gasteiger partial charge in [0, 0.05) is 41.3 Å². The van der Waals surface area contributed by atoms with E-state index in [2.05, 4.69) is 10.3 Å². The van der Waals surface area contributed by atoms with Gasteiger partial charge in [-0.1, -0.05) is 54.8 Å². The third-order valence-corrected chi connectivity index (χ3v) is 6.25. The maximum absolute atomic E-state index is 15.4. The Hall–Kier alpha value is -2.54. The van der Waals surface area contributed by atoms with E-state index in [4.69, 9.17) is 20.6 Å². The number of Topliss-reactive ketones (excluding diaryl/α,β-unsaturated/α-hetero) is 1. The molecule has 2 aromatic heterocycles. The van der Waals surface area contributed by atoms with Gasteiger partial charge in [0.05, 0.1) is 11.4 Å². The first-order valence-electron chi connectivity index (χ1n) is 11.1.